The van der Waals surface area contributed by atoms with E-state index in [1.54, 1.807) is 20.8 Å². The van der Waals surface area contributed by atoms with Crippen LogP contribution in [-0.2, 0) is 30.2 Å². The van der Waals surface area contributed by atoms with Crippen LogP contribution in [0.5, 0.6) is 0 Å². The van der Waals surface area contributed by atoms with Crippen LogP contribution in [0.4, 0.5) is 4.79 Å². The van der Waals surface area contributed by atoms with Crippen LogP contribution in [-0.4, -0.2) is 55.4 Å². The number of nitrogens with one attached hydrogen (secondary N) is 2. The Hall–Kier alpha value is -3.10. The lowest BCUT2D eigenvalue weighted by Crippen LogP contribution is -2.45. The molecule has 0 fully saturated rings. The molecule has 30 heavy (non-hydrogen) atoms. The Morgan fingerprint density at radius 1 is 1.10 bits per heavy atom. The molecule has 0 aliphatic heterocycles. The predicted octanol–water partition coefficient (Wildman–Crippen LogP) is 2.69. The van der Waals surface area contributed by atoms with Crippen molar-refractivity contribution < 1.29 is 28.6 Å². The molecule has 1 aromatic carbocycles. The van der Waals surface area contributed by atoms with Gasteiger partial charge in [-0.25, -0.2) is 4.79 Å². The molecule has 1 aromatic rings. The number of benzene rings is 1. The molecule has 166 valence electrons. The third-order valence-corrected chi connectivity index (χ3v) is 3.98. The van der Waals surface area contributed by atoms with Crippen LogP contribution >= 0.6 is 0 Å². The van der Waals surface area contributed by atoms with E-state index in [1.165, 1.54) is 11.9 Å². The molecular formula is C21H31N3O6. The fourth-order valence-corrected chi connectivity index (χ4v) is 2.37. The number of hydrogen-bond donors (Lipinski definition) is 2. The summed E-state index contributed by atoms with van der Waals surface area (Å²) in [5.74, 6) is -1.61. The van der Waals surface area contributed by atoms with Crippen molar-refractivity contribution in [3.8, 4) is 0 Å². The summed E-state index contributed by atoms with van der Waals surface area (Å²) in [5, 5.41) is 10.0. The topological polar surface area (TPSA) is 118 Å². The van der Waals surface area contributed by atoms with Crippen molar-refractivity contribution in [2.45, 2.75) is 46.3 Å². The van der Waals surface area contributed by atoms with Gasteiger partial charge in [0.2, 0.25) is 5.96 Å². The van der Waals surface area contributed by atoms with Crippen LogP contribution in [0.25, 0.3) is 0 Å². The first-order valence-electron chi connectivity index (χ1n) is 9.89. The zero-order chi connectivity index (χ0) is 22.5. The molecule has 0 bridgehead atoms. The van der Waals surface area contributed by atoms with Crippen molar-refractivity contribution in [3.05, 3.63) is 35.9 Å². The second-order valence-corrected chi connectivity index (χ2v) is 6.98. The van der Waals surface area contributed by atoms with Gasteiger partial charge in [-0.05, 0) is 25.3 Å². The summed E-state index contributed by atoms with van der Waals surface area (Å²) in [6.45, 7) is 5.19. The molecule has 0 saturated heterocycles. The third-order valence-electron chi connectivity index (χ3n) is 3.98. The smallest absolute Gasteiger partial charge is 0.417 e. The van der Waals surface area contributed by atoms with Gasteiger partial charge in [-0.2, -0.15) is 0 Å². The number of carbonyl (C=O) groups excluding carboxylic acids is 3. The number of aryl methyl sites for hydroxylation is 1. The van der Waals surface area contributed by atoms with E-state index in [-0.39, 0.29) is 31.4 Å². The molecule has 1 atom stereocenters. The van der Waals surface area contributed by atoms with Gasteiger partial charge in [0, 0.05) is 19.4 Å². The summed E-state index contributed by atoms with van der Waals surface area (Å²) < 4.78 is 15.2. The summed E-state index contributed by atoms with van der Waals surface area (Å²) in [7, 11) is 1.45. The van der Waals surface area contributed by atoms with Crippen molar-refractivity contribution in [1.82, 2.24) is 10.2 Å². The molecule has 0 saturated carbocycles. The third kappa shape index (κ3) is 9.90. The first-order valence-corrected chi connectivity index (χ1v) is 9.89. The second kappa shape index (κ2) is 13.2. The van der Waals surface area contributed by atoms with Crippen molar-refractivity contribution in [3.63, 3.8) is 0 Å². The van der Waals surface area contributed by atoms with Crippen LogP contribution in [0.1, 0.15) is 39.2 Å². The summed E-state index contributed by atoms with van der Waals surface area (Å²) in [5.41, 5.74) is 1.13. The number of amides is 1. The predicted molar refractivity (Wildman–Crippen MR) is 111 cm³/mol. The number of esters is 2. The van der Waals surface area contributed by atoms with Gasteiger partial charge in [0.05, 0.1) is 6.61 Å². The van der Waals surface area contributed by atoms with E-state index in [1.807, 2.05) is 30.3 Å². The number of rotatable bonds is 10. The number of guanidine groups is 1. The minimum absolute atomic E-state index is 0.196. The Labute approximate surface area is 177 Å². The van der Waals surface area contributed by atoms with Crippen LogP contribution in [0.3, 0.4) is 0 Å². The van der Waals surface area contributed by atoms with Crippen molar-refractivity contribution >= 4 is 24.0 Å². The summed E-state index contributed by atoms with van der Waals surface area (Å²) in [4.78, 5) is 36.8. The average Bonchev–Trinajstić information content (AvgIpc) is 2.68. The van der Waals surface area contributed by atoms with Gasteiger partial charge in [-0.1, -0.05) is 44.2 Å². The van der Waals surface area contributed by atoms with Gasteiger partial charge in [0.1, 0.15) is 6.54 Å². The lowest BCUT2D eigenvalue weighted by atomic mass is 10.1. The van der Waals surface area contributed by atoms with Crippen LogP contribution < -0.4 is 5.32 Å². The van der Waals surface area contributed by atoms with Gasteiger partial charge in [-0.15, -0.1) is 0 Å². The number of ether oxygens (including phenoxy) is 3. The van der Waals surface area contributed by atoms with E-state index < -0.39 is 24.3 Å². The van der Waals surface area contributed by atoms with Gasteiger partial charge < -0.3 is 19.1 Å². The van der Waals surface area contributed by atoms with Gasteiger partial charge in [-0.3, -0.25) is 20.3 Å². The standard InChI is InChI=1S/C21H31N3O6/c1-5-28-18(26)14-24(4)20(22)23-21(27)30-19(15(2)3)29-17(25)13-9-12-16-10-7-6-8-11-16/h6-8,10-11,15,19H,5,9,12-14H2,1-4H3,(H2,22,23,27). The van der Waals surface area contributed by atoms with E-state index in [0.29, 0.717) is 6.42 Å². The molecule has 0 radical (unpaired) electrons. The Balaban J connectivity index is 2.44. The number of likely N-dealkylation sites (N-methyl/N-ethyl adjacent to an activating group) is 1. The minimum Gasteiger partial charge on any atom is -0.465 e. The Bertz CT molecular complexity index is 708. The summed E-state index contributed by atoms with van der Waals surface area (Å²) in [6, 6.07) is 9.79. The fourth-order valence-electron chi connectivity index (χ4n) is 2.37. The highest BCUT2D eigenvalue weighted by Crippen LogP contribution is 2.12. The number of carbonyl (C=O) groups is 3. The number of hydrogen-bond acceptors (Lipinski definition) is 7. The highest BCUT2D eigenvalue weighted by atomic mass is 16.7. The molecule has 0 heterocycles. The molecule has 9 heteroatoms. The molecule has 0 spiro atoms. The molecule has 2 N–H and O–H groups in total. The van der Waals surface area contributed by atoms with Gasteiger partial charge >= 0.3 is 18.0 Å². The zero-order valence-corrected chi connectivity index (χ0v) is 18.0. The van der Waals surface area contributed by atoms with Crippen molar-refractivity contribution in [1.29, 1.82) is 5.41 Å². The molecular weight excluding hydrogens is 390 g/mol. The van der Waals surface area contributed by atoms with E-state index in [2.05, 4.69) is 5.32 Å². The molecule has 1 rings (SSSR count). The minimum atomic E-state index is -1.09. The molecule has 9 nitrogen and oxygen atoms in total. The van der Waals surface area contributed by atoms with Crippen LogP contribution in [0.15, 0.2) is 30.3 Å². The summed E-state index contributed by atoms with van der Waals surface area (Å²) >= 11 is 0. The van der Waals surface area contributed by atoms with E-state index in [0.717, 1.165) is 12.0 Å². The molecule has 0 aliphatic carbocycles. The maximum atomic E-state index is 12.1. The van der Waals surface area contributed by atoms with E-state index in [9.17, 15) is 14.4 Å². The van der Waals surface area contributed by atoms with Crippen LogP contribution in [0.2, 0.25) is 0 Å². The number of nitrogens with zero attached hydrogens (tertiary/aromatic N) is 1. The Morgan fingerprint density at radius 2 is 1.77 bits per heavy atom. The zero-order valence-electron chi connectivity index (χ0n) is 18.0. The maximum Gasteiger partial charge on any atom is 0.417 e. The van der Waals surface area contributed by atoms with Crippen molar-refractivity contribution in [2.75, 3.05) is 20.2 Å². The Kier molecular flexibility index (Phi) is 11.0. The first-order chi connectivity index (χ1) is 14.2. The lowest BCUT2D eigenvalue weighted by molar-refractivity contribution is -0.174. The highest BCUT2D eigenvalue weighted by Gasteiger charge is 2.24. The SMILES string of the molecule is CCOC(=O)CN(C)C(=N)NC(=O)OC(OC(=O)CCCc1ccccc1)C(C)C. The average molecular weight is 421 g/mol. The summed E-state index contributed by atoms with van der Waals surface area (Å²) in [6.07, 6.45) is -0.485. The maximum absolute atomic E-state index is 12.1. The van der Waals surface area contributed by atoms with Crippen LogP contribution in [0, 0.1) is 11.3 Å². The van der Waals surface area contributed by atoms with Gasteiger partial charge in [0.25, 0.3) is 6.29 Å². The normalized spacial score (nSPS) is 11.4. The monoisotopic (exact) mass is 421 g/mol. The van der Waals surface area contributed by atoms with Crippen molar-refractivity contribution in [2.24, 2.45) is 5.92 Å². The molecule has 0 aromatic heterocycles. The molecule has 1 amide bonds. The van der Waals surface area contributed by atoms with E-state index >= 15 is 0 Å². The fraction of sp³-hybridized carbons (Fsp3) is 0.524. The lowest BCUT2D eigenvalue weighted by Gasteiger charge is -2.23. The second-order valence-electron chi connectivity index (χ2n) is 6.98. The first kappa shape index (κ1) is 24.9. The van der Waals surface area contributed by atoms with Gasteiger partial charge in [0.15, 0.2) is 0 Å². The highest BCUT2D eigenvalue weighted by molar-refractivity contribution is 5.93. The largest absolute Gasteiger partial charge is 0.465 e. The Morgan fingerprint density at radius 3 is 2.37 bits per heavy atom. The quantitative estimate of drug-likeness (QED) is 0.258. The number of alkyl carbamates (subject to hydrolysis) is 1. The molecule has 1 unspecified atom stereocenters. The molecule has 0 aliphatic rings. The van der Waals surface area contributed by atoms with E-state index in [4.69, 9.17) is 19.6 Å².